The first-order chi connectivity index (χ1) is 13.3. The molecule has 9 heteroatoms. The van der Waals surface area contributed by atoms with Gasteiger partial charge in [0, 0.05) is 59.8 Å². The first kappa shape index (κ1) is 16.3. The molecule has 1 aliphatic rings. The van der Waals surface area contributed by atoms with Gasteiger partial charge in [0.1, 0.15) is 12.0 Å². The number of thioether (sulfide) groups is 1. The molecule has 0 spiro atoms. The fraction of sp³-hybridized carbons (Fsp3) is 0.222. The third kappa shape index (κ3) is 2.75. The molecule has 8 nitrogen and oxygen atoms in total. The zero-order valence-electron chi connectivity index (χ0n) is 14.5. The standard InChI is InChI=1S/C18H18N8S/c19-3-6-26-11-24-15-17(22-10-23-18(15)26)25-7-8-27-14(9-25)12-1-4-20-16-13(12)2-5-21-16/h1-2,4-5,9-11H,3,6-8,19H2,(H,20,21). The number of imidazole rings is 1. The fourth-order valence-corrected chi connectivity index (χ4v) is 4.41. The predicted molar refractivity (Wildman–Crippen MR) is 108 cm³/mol. The lowest BCUT2D eigenvalue weighted by Gasteiger charge is -2.26. The van der Waals surface area contributed by atoms with E-state index in [2.05, 4.69) is 48.2 Å². The topological polar surface area (TPSA) is 102 Å². The maximum Gasteiger partial charge on any atom is 0.165 e. The van der Waals surface area contributed by atoms with Gasteiger partial charge in [0.25, 0.3) is 0 Å². The van der Waals surface area contributed by atoms with Crippen molar-refractivity contribution < 1.29 is 0 Å². The van der Waals surface area contributed by atoms with Crippen molar-refractivity contribution in [3.8, 4) is 0 Å². The number of fused-ring (bicyclic) bond motifs is 2. The molecule has 0 radical (unpaired) electrons. The van der Waals surface area contributed by atoms with Crippen LogP contribution in [0.5, 0.6) is 0 Å². The molecule has 0 saturated carbocycles. The summed E-state index contributed by atoms with van der Waals surface area (Å²) in [5.41, 5.74) is 9.38. The molecule has 5 rings (SSSR count). The highest BCUT2D eigenvalue weighted by atomic mass is 32.2. The van der Waals surface area contributed by atoms with Crippen LogP contribution < -0.4 is 10.6 Å². The van der Waals surface area contributed by atoms with Crippen LogP contribution in [0.15, 0.2) is 43.4 Å². The largest absolute Gasteiger partial charge is 0.346 e. The average molecular weight is 378 g/mol. The van der Waals surface area contributed by atoms with Crippen molar-refractivity contribution in [2.75, 3.05) is 23.7 Å². The summed E-state index contributed by atoms with van der Waals surface area (Å²) in [7, 11) is 0. The molecule has 5 heterocycles. The van der Waals surface area contributed by atoms with Crippen molar-refractivity contribution in [2.24, 2.45) is 5.73 Å². The molecular weight excluding hydrogens is 360 g/mol. The predicted octanol–water partition coefficient (Wildman–Crippen LogP) is 2.21. The Morgan fingerprint density at radius 2 is 2.15 bits per heavy atom. The highest BCUT2D eigenvalue weighted by Gasteiger charge is 2.20. The first-order valence-electron chi connectivity index (χ1n) is 8.75. The SMILES string of the molecule is NCCn1cnc2c(N3C=C(c4ccnc5[nH]ccc45)SCC3)ncnc21. The quantitative estimate of drug-likeness (QED) is 0.561. The second-order valence-electron chi connectivity index (χ2n) is 6.23. The second-order valence-corrected chi connectivity index (χ2v) is 7.37. The maximum atomic E-state index is 5.69. The monoisotopic (exact) mass is 378 g/mol. The third-order valence-electron chi connectivity index (χ3n) is 4.61. The Hall–Kier alpha value is -2.91. The summed E-state index contributed by atoms with van der Waals surface area (Å²) in [5, 5.41) is 1.12. The Morgan fingerprint density at radius 3 is 3.07 bits per heavy atom. The molecule has 136 valence electrons. The number of nitrogens with one attached hydrogen (secondary N) is 1. The van der Waals surface area contributed by atoms with Gasteiger partial charge in [-0.1, -0.05) is 0 Å². The van der Waals surface area contributed by atoms with E-state index in [1.54, 1.807) is 12.7 Å². The van der Waals surface area contributed by atoms with Crippen LogP contribution in [-0.2, 0) is 6.54 Å². The summed E-state index contributed by atoms with van der Waals surface area (Å²) < 4.78 is 1.97. The molecule has 0 bridgehead atoms. The molecule has 1 aliphatic heterocycles. The van der Waals surface area contributed by atoms with Gasteiger partial charge in [-0.05, 0) is 12.1 Å². The van der Waals surface area contributed by atoms with Crippen LogP contribution in [0.1, 0.15) is 5.56 Å². The molecule has 27 heavy (non-hydrogen) atoms. The Bertz CT molecular complexity index is 1140. The molecular formula is C18H18N8S. The van der Waals surface area contributed by atoms with E-state index < -0.39 is 0 Å². The molecule has 0 amide bonds. The Balaban J connectivity index is 1.59. The van der Waals surface area contributed by atoms with Crippen molar-refractivity contribution in [3.05, 3.63) is 48.9 Å². The van der Waals surface area contributed by atoms with Gasteiger partial charge in [-0.15, -0.1) is 11.8 Å². The lowest BCUT2D eigenvalue weighted by atomic mass is 10.2. The van der Waals surface area contributed by atoms with Crippen LogP contribution in [0.25, 0.3) is 27.1 Å². The zero-order chi connectivity index (χ0) is 18.2. The van der Waals surface area contributed by atoms with E-state index in [1.807, 2.05) is 28.7 Å². The minimum absolute atomic E-state index is 0.546. The van der Waals surface area contributed by atoms with E-state index in [0.29, 0.717) is 13.1 Å². The first-order valence-corrected chi connectivity index (χ1v) is 9.73. The lowest BCUT2D eigenvalue weighted by Crippen LogP contribution is -2.24. The number of rotatable bonds is 4. The zero-order valence-corrected chi connectivity index (χ0v) is 15.4. The van der Waals surface area contributed by atoms with Crippen molar-refractivity contribution in [2.45, 2.75) is 6.54 Å². The van der Waals surface area contributed by atoms with Crippen molar-refractivity contribution in [1.82, 2.24) is 29.5 Å². The molecule has 0 unspecified atom stereocenters. The minimum Gasteiger partial charge on any atom is -0.346 e. The summed E-state index contributed by atoms with van der Waals surface area (Å²) in [6.45, 7) is 2.10. The van der Waals surface area contributed by atoms with Crippen molar-refractivity contribution >= 4 is 44.7 Å². The van der Waals surface area contributed by atoms with Crippen LogP contribution in [0.3, 0.4) is 0 Å². The summed E-state index contributed by atoms with van der Waals surface area (Å²) in [6, 6.07) is 4.12. The molecule has 0 aliphatic carbocycles. The lowest BCUT2D eigenvalue weighted by molar-refractivity contribution is 0.721. The molecule has 0 fully saturated rings. The van der Waals surface area contributed by atoms with Gasteiger partial charge in [0.15, 0.2) is 17.0 Å². The minimum atomic E-state index is 0.546. The number of nitrogens with zero attached hydrogens (tertiary/aromatic N) is 6. The number of hydrogen-bond acceptors (Lipinski definition) is 7. The number of aromatic nitrogens is 6. The van der Waals surface area contributed by atoms with Crippen LogP contribution in [0, 0.1) is 0 Å². The van der Waals surface area contributed by atoms with Crippen LogP contribution in [0.2, 0.25) is 0 Å². The summed E-state index contributed by atoms with van der Waals surface area (Å²) in [4.78, 5) is 24.4. The second kappa shape index (κ2) is 6.67. The van der Waals surface area contributed by atoms with Crippen LogP contribution in [0.4, 0.5) is 5.82 Å². The normalized spacial score (nSPS) is 14.9. The molecule has 4 aromatic heterocycles. The van der Waals surface area contributed by atoms with Gasteiger partial charge < -0.3 is 20.2 Å². The average Bonchev–Trinajstić information content (AvgIpc) is 3.35. The highest BCUT2D eigenvalue weighted by Crippen LogP contribution is 2.36. The van der Waals surface area contributed by atoms with Crippen molar-refractivity contribution in [1.29, 1.82) is 0 Å². The fourth-order valence-electron chi connectivity index (χ4n) is 3.37. The van der Waals surface area contributed by atoms with E-state index >= 15 is 0 Å². The highest BCUT2D eigenvalue weighted by molar-refractivity contribution is 8.08. The van der Waals surface area contributed by atoms with Gasteiger partial charge >= 0.3 is 0 Å². The molecule has 3 N–H and O–H groups in total. The van der Waals surface area contributed by atoms with Crippen molar-refractivity contribution in [3.63, 3.8) is 0 Å². The van der Waals surface area contributed by atoms with E-state index in [-0.39, 0.29) is 0 Å². The number of hydrogen-bond donors (Lipinski definition) is 2. The number of aromatic amines is 1. The van der Waals surface area contributed by atoms with E-state index in [1.165, 1.54) is 10.5 Å². The molecule has 4 aromatic rings. The Morgan fingerprint density at radius 1 is 1.19 bits per heavy atom. The Labute approximate surface area is 159 Å². The molecule has 0 atom stereocenters. The van der Waals surface area contributed by atoms with Gasteiger partial charge in [0.2, 0.25) is 0 Å². The molecule has 0 aromatic carbocycles. The van der Waals surface area contributed by atoms with Gasteiger partial charge in [-0.25, -0.2) is 19.9 Å². The number of pyridine rings is 1. The van der Waals surface area contributed by atoms with Crippen LogP contribution >= 0.6 is 11.8 Å². The smallest absolute Gasteiger partial charge is 0.165 e. The van der Waals surface area contributed by atoms with Crippen LogP contribution in [-0.4, -0.2) is 48.3 Å². The number of nitrogens with two attached hydrogens (primary N) is 1. The van der Waals surface area contributed by atoms with Gasteiger partial charge in [0.05, 0.1) is 6.33 Å². The van der Waals surface area contributed by atoms with Gasteiger partial charge in [-0.2, -0.15) is 0 Å². The molecule has 0 saturated heterocycles. The summed E-state index contributed by atoms with van der Waals surface area (Å²) in [5.74, 6) is 1.79. The van der Waals surface area contributed by atoms with E-state index in [9.17, 15) is 0 Å². The number of anilines is 1. The summed E-state index contributed by atoms with van der Waals surface area (Å²) >= 11 is 1.84. The summed E-state index contributed by atoms with van der Waals surface area (Å²) in [6.07, 6.45) is 9.29. The maximum absolute atomic E-state index is 5.69. The van der Waals surface area contributed by atoms with Gasteiger partial charge in [-0.3, -0.25) is 0 Å². The number of H-pyrrole nitrogens is 1. The van der Waals surface area contributed by atoms with E-state index in [4.69, 9.17) is 5.73 Å². The Kier molecular flexibility index (Phi) is 4.02. The third-order valence-corrected chi connectivity index (χ3v) is 5.64. The van der Waals surface area contributed by atoms with E-state index in [0.717, 1.165) is 40.3 Å².